The Labute approximate surface area is 141 Å². The molecule has 24 heavy (non-hydrogen) atoms. The molecule has 5 nitrogen and oxygen atoms in total. The van der Waals surface area contributed by atoms with Crippen molar-refractivity contribution in [2.45, 2.75) is 25.4 Å². The number of nitrogens with one attached hydrogen (secondary N) is 2. The summed E-state index contributed by atoms with van der Waals surface area (Å²) in [4.78, 5) is 12.2. The van der Waals surface area contributed by atoms with Crippen LogP contribution in [0.15, 0.2) is 48.5 Å². The maximum atomic E-state index is 12.2. The number of para-hydroxylation sites is 2. The first-order valence-electron chi connectivity index (χ1n) is 8.15. The first-order chi connectivity index (χ1) is 11.6. The van der Waals surface area contributed by atoms with Crippen molar-refractivity contribution in [3.05, 3.63) is 59.7 Å². The molecule has 2 amide bonds. The molecule has 0 aromatic heterocycles. The minimum atomic E-state index is -0.930. The van der Waals surface area contributed by atoms with Gasteiger partial charge in [0, 0.05) is 19.4 Å². The number of urea groups is 1. The van der Waals surface area contributed by atoms with Crippen molar-refractivity contribution < 1.29 is 14.6 Å². The normalized spacial score (nSPS) is 14.8. The number of hydrogen-bond acceptors (Lipinski definition) is 3. The maximum absolute atomic E-state index is 12.2. The van der Waals surface area contributed by atoms with Crippen molar-refractivity contribution in [2.75, 3.05) is 18.5 Å². The predicted molar refractivity (Wildman–Crippen MR) is 93.4 cm³/mol. The van der Waals surface area contributed by atoms with Gasteiger partial charge in [0.2, 0.25) is 0 Å². The van der Waals surface area contributed by atoms with Crippen LogP contribution in [0, 0.1) is 0 Å². The first-order valence-corrected chi connectivity index (χ1v) is 8.15. The highest BCUT2D eigenvalue weighted by atomic mass is 16.5. The average Bonchev–Trinajstić information content (AvgIpc) is 2.92. The molecule has 0 unspecified atom stereocenters. The van der Waals surface area contributed by atoms with Gasteiger partial charge < -0.3 is 20.5 Å². The lowest BCUT2D eigenvalue weighted by Gasteiger charge is -2.23. The van der Waals surface area contributed by atoms with E-state index in [0.717, 1.165) is 11.1 Å². The van der Waals surface area contributed by atoms with Gasteiger partial charge in [-0.25, -0.2) is 4.79 Å². The maximum Gasteiger partial charge on any atom is 0.319 e. The molecule has 0 fully saturated rings. The number of carbonyl (C=O) groups excluding carboxylic acids is 1. The van der Waals surface area contributed by atoms with Crippen LogP contribution in [0.4, 0.5) is 10.5 Å². The summed E-state index contributed by atoms with van der Waals surface area (Å²) in [7, 11) is 0. The molecular formula is C19H22N2O3. The van der Waals surface area contributed by atoms with E-state index in [1.165, 1.54) is 0 Å². The summed E-state index contributed by atoms with van der Waals surface area (Å²) in [5.41, 5.74) is 1.96. The second kappa shape index (κ2) is 6.93. The highest BCUT2D eigenvalue weighted by molar-refractivity contribution is 5.90. The van der Waals surface area contributed by atoms with Crippen LogP contribution in [-0.2, 0) is 12.8 Å². The van der Waals surface area contributed by atoms with Gasteiger partial charge >= 0.3 is 6.03 Å². The van der Waals surface area contributed by atoms with Crippen LogP contribution in [-0.4, -0.2) is 29.9 Å². The molecule has 5 heteroatoms. The molecule has 0 heterocycles. The van der Waals surface area contributed by atoms with Gasteiger partial charge in [-0.1, -0.05) is 36.4 Å². The molecule has 3 rings (SSSR count). The third-order valence-electron chi connectivity index (χ3n) is 4.17. The zero-order valence-electron chi connectivity index (χ0n) is 13.7. The van der Waals surface area contributed by atoms with E-state index in [1.54, 1.807) is 12.1 Å². The summed E-state index contributed by atoms with van der Waals surface area (Å²) in [5, 5.41) is 16.2. The molecular weight excluding hydrogens is 304 g/mol. The van der Waals surface area contributed by atoms with E-state index in [1.807, 2.05) is 43.3 Å². The van der Waals surface area contributed by atoms with E-state index in [4.69, 9.17) is 4.74 Å². The zero-order valence-corrected chi connectivity index (χ0v) is 13.7. The lowest BCUT2D eigenvalue weighted by molar-refractivity contribution is 0.0541. The number of ether oxygens (including phenoxy) is 1. The molecule has 2 aromatic carbocycles. The van der Waals surface area contributed by atoms with E-state index in [0.29, 0.717) is 30.9 Å². The van der Waals surface area contributed by atoms with E-state index < -0.39 is 5.60 Å². The van der Waals surface area contributed by atoms with E-state index in [9.17, 15) is 9.90 Å². The fourth-order valence-corrected chi connectivity index (χ4v) is 3.06. The van der Waals surface area contributed by atoms with Gasteiger partial charge in [-0.15, -0.1) is 0 Å². The summed E-state index contributed by atoms with van der Waals surface area (Å²) in [6.07, 6.45) is 1.11. The summed E-state index contributed by atoms with van der Waals surface area (Å²) >= 11 is 0. The molecule has 126 valence electrons. The fourth-order valence-electron chi connectivity index (χ4n) is 3.06. The summed E-state index contributed by atoms with van der Waals surface area (Å²) in [5.74, 6) is 0.627. The molecule has 0 spiro atoms. The predicted octanol–water partition coefficient (Wildman–Crippen LogP) is 2.74. The standard InChI is InChI=1S/C19H22N2O3/c1-2-24-17-10-6-5-9-16(17)21-18(22)20-13-19(23)11-14-7-3-4-8-15(14)12-19/h3-10,23H,2,11-13H2,1H3,(H2,20,21,22). The van der Waals surface area contributed by atoms with Gasteiger partial charge in [-0.3, -0.25) is 0 Å². The Kier molecular flexibility index (Phi) is 4.71. The molecule has 1 aliphatic rings. The Balaban J connectivity index is 1.57. The number of anilines is 1. The number of aliphatic hydroxyl groups is 1. The van der Waals surface area contributed by atoms with Crippen LogP contribution in [0.25, 0.3) is 0 Å². The fraction of sp³-hybridized carbons (Fsp3) is 0.316. The van der Waals surface area contributed by atoms with E-state index >= 15 is 0 Å². The SMILES string of the molecule is CCOc1ccccc1NC(=O)NCC1(O)Cc2ccccc2C1. The van der Waals surface area contributed by atoms with Gasteiger partial charge in [0.1, 0.15) is 5.75 Å². The number of fused-ring (bicyclic) bond motifs is 1. The number of amides is 2. The molecule has 2 aromatic rings. The minimum Gasteiger partial charge on any atom is -0.492 e. The lowest BCUT2D eigenvalue weighted by atomic mass is 10.0. The van der Waals surface area contributed by atoms with Gasteiger partial charge in [-0.05, 0) is 30.2 Å². The number of carbonyl (C=O) groups is 1. The highest BCUT2D eigenvalue weighted by Crippen LogP contribution is 2.29. The number of benzene rings is 2. The number of rotatable bonds is 5. The van der Waals surface area contributed by atoms with Crippen LogP contribution in [0.1, 0.15) is 18.1 Å². The third kappa shape index (κ3) is 3.68. The van der Waals surface area contributed by atoms with Crippen molar-refractivity contribution in [1.82, 2.24) is 5.32 Å². The van der Waals surface area contributed by atoms with Crippen LogP contribution in [0.5, 0.6) is 5.75 Å². The van der Waals surface area contributed by atoms with Crippen molar-refractivity contribution in [2.24, 2.45) is 0 Å². The summed E-state index contributed by atoms with van der Waals surface area (Å²) < 4.78 is 5.49. The molecule has 0 atom stereocenters. The van der Waals surface area contributed by atoms with Crippen molar-refractivity contribution in [3.63, 3.8) is 0 Å². The van der Waals surface area contributed by atoms with Crippen molar-refractivity contribution in [1.29, 1.82) is 0 Å². The van der Waals surface area contributed by atoms with Crippen LogP contribution in [0.2, 0.25) is 0 Å². The average molecular weight is 326 g/mol. The largest absolute Gasteiger partial charge is 0.492 e. The molecule has 1 aliphatic carbocycles. The smallest absolute Gasteiger partial charge is 0.319 e. The highest BCUT2D eigenvalue weighted by Gasteiger charge is 2.35. The molecule has 3 N–H and O–H groups in total. The van der Waals surface area contributed by atoms with Crippen molar-refractivity contribution >= 4 is 11.7 Å². The van der Waals surface area contributed by atoms with E-state index in [2.05, 4.69) is 10.6 Å². The molecule has 0 saturated heterocycles. The lowest BCUT2D eigenvalue weighted by Crippen LogP contribution is -2.45. The second-order valence-corrected chi connectivity index (χ2v) is 6.08. The van der Waals surface area contributed by atoms with Gasteiger partial charge in [-0.2, -0.15) is 0 Å². The van der Waals surface area contributed by atoms with Crippen LogP contribution >= 0.6 is 0 Å². The number of hydrogen-bond donors (Lipinski definition) is 3. The van der Waals surface area contributed by atoms with E-state index in [-0.39, 0.29) is 12.6 Å². The first kappa shape index (κ1) is 16.3. The molecule has 0 saturated carbocycles. The zero-order chi connectivity index (χ0) is 17.0. The Morgan fingerprint density at radius 2 is 1.75 bits per heavy atom. The van der Waals surface area contributed by atoms with Gasteiger partial charge in [0.05, 0.1) is 17.9 Å². The Morgan fingerprint density at radius 1 is 1.12 bits per heavy atom. The van der Waals surface area contributed by atoms with Crippen LogP contribution in [0.3, 0.4) is 0 Å². The van der Waals surface area contributed by atoms with Crippen molar-refractivity contribution in [3.8, 4) is 5.75 Å². The summed E-state index contributed by atoms with van der Waals surface area (Å²) in [6, 6.07) is 14.9. The topological polar surface area (TPSA) is 70.6 Å². The summed E-state index contributed by atoms with van der Waals surface area (Å²) in [6.45, 7) is 2.62. The Hall–Kier alpha value is -2.53. The molecule has 0 bridgehead atoms. The quantitative estimate of drug-likeness (QED) is 0.791. The molecule has 0 aliphatic heterocycles. The minimum absolute atomic E-state index is 0.199. The second-order valence-electron chi connectivity index (χ2n) is 6.08. The van der Waals surface area contributed by atoms with Gasteiger partial charge in [0.25, 0.3) is 0 Å². The Morgan fingerprint density at radius 3 is 2.42 bits per heavy atom. The monoisotopic (exact) mass is 326 g/mol. The Bertz CT molecular complexity index is 705. The third-order valence-corrected chi connectivity index (χ3v) is 4.17. The van der Waals surface area contributed by atoms with Crippen LogP contribution < -0.4 is 15.4 Å². The molecule has 0 radical (unpaired) electrons. The van der Waals surface area contributed by atoms with Gasteiger partial charge in [0.15, 0.2) is 0 Å².